The lowest BCUT2D eigenvalue weighted by molar-refractivity contribution is -0.146. The van der Waals surface area contributed by atoms with Crippen LogP contribution >= 0.6 is 0 Å². The Morgan fingerprint density at radius 2 is 1.85 bits per heavy atom. The average molecular weight is 281 g/mol. The number of aliphatic carboxylic acids is 1. The Kier molecular flexibility index (Phi) is 5.99. The lowest BCUT2D eigenvalue weighted by Crippen LogP contribution is -2.38. The fourth-order valence-corrected chi connectivity index (χ4v) is 1.45. The Morgan fingerprint density at radius 3 is 2.35 bits per heavy atom. The number of carbonyl (C=O) groups excluding carboxylic acids is 1. The third-order valence-corrected chi connectivity index (χ3v) is 2.69. The molecule has 1 atom stereocenters. The van der Waals surface area contributed by atoms with Gasteiger partial charge in [-0.2, -0.15) is 0 Å². The average Bonchev–Trinajstić information content (AvgIpc) is 2.42. The minimum Gasteiger partial charge on any atom is -0.484 e. The maximum absolute atomic E-state index is 11.4. The standard InChI is InChI=1S/C14H19NO5/c1-9(2)10-3-5-11(6-4-10)20-8-13(17)15-7-12(16)14(18)19/h3-6,9,12,16H,7-8H2,1-2H3,(H,15,17)(H,18,19). The molecule has 1 aromatic rings. The molecule has 0 saturated heterocycles. The Bertz CT molecular complexity index is 455. The van der Waals surface area contributed by atoms with Gasteiger partial charge in [0.1, 0.15) is 5.75 Å². The summed E-state index contributed by atoms with van der Waals surface area (Å²) in [6, 6.07) is 7.39. The van der Waals surface area contributed by atoms with Gasteiger partial charge < -0.3 is 20.3 Å². The van der Waals surface area contributed by atoms with Crippen molar-refractivity contribution < 1.29 is 24.5 Å². The first-order chi connectivity index (χ1) is 9.40. The molecule has 3 N–H and O–H groups in total. The Hall–Kier alpha value is -2.08. The quantitative estimate of drug-likeness (QED) is 0.685. The molecule has 6 heteroatoms. The fourth-order valence-electron chi connectivity index (χ4n) is 1.45. The van der Waals surface area contributed by atoms with E-state index < -0.39 is 18.0 Å². The molecule has 6 nitrogen and oxygen atoms in total. The van der Waals surface area contributed by atoms with Crippen LogP contribution in [0.15, 0.2) is 24.3 Å². The number of ether oxygens (including phenoxy) is 1. The monoisotopic (exact) mass is 281 g/mol. The SMILES string of the molecule is CC(C)c1ccc(OCC(=O)NCC(O)C(=O)O)cc1. The van der Waals surface area contributed by atoms with Gasteiger partial charge in [0, 0.05) is 0 Å². The number of hydrogen-bond acceptors (Lipinski definition) is 4. The summed E-state index contributed by atoms with van der Waals surface area (Å²) in [5.41, 5.74) is 1.17. The van der Waals surface area contributed by atoms with Crippen molar-refractivity contribution in [2.75, 3.05) is 13.2 Å². The molecule has 0 saturated carbocycles. The van der Waals surface area contributed by atoms with Gasteiger partial charge in [-0.3, -0.25) is 4.79 Å². The number of carboxylic acid groups (broad SMARTS) is 1. The van der Waals surface area contributed by atoms with Crippen molar-refractivity contribution in [3.63, 3.8) is 0 Å². The van der Waals surface area contributed by atoms with Crippen LogP contribution in [0.3, 0.4) is 0 Å². The van der Waals surface area contributed by atoms with E-state index in [1.165, 1.54) is 5.56 Å². The summed E-state index contributed by atoms with van der Waals surface area (Å²) in [5.74, 6) is -0.887. The van der Waals surface area contributed by atoms with Gasteiger partial charge in [-0.25, -0.2) is 4.79 Å². The minimum absolute atomic E-state index is 0.229. The number of aliphatic hydroxyl groups excluding tert-OH is 1. The van der Waals surface area contributed by atoms with Gasteiger partial charge in [0.2, 0.25) is 0 Å². The number of aliphatic hydroxyl groups is 1. The molecule has 0 aliphatic carbocycles. The zero-order valence-corrected chi connectivity index (χ0v) is 11.5. The highest BCUT2D eigenvalue weighted by Gasteiger charge is 2.14. The van der Waals surface area contributed by atoms with Crippen molar-refractivity contribution in [3.8, 4) is 5.75 Å². The molecule has 110 valence electrons. The number of hydrogen-bond donors (Lipinski definition) is 3. The van der Waals surface area contributed by atoms with Crippen molar-refractivity contribution in [2.24, 2.45) is 0 Å². The predicted octanol–water partition coefficient (Wildman–Crippen LogP) is 0.750. The van der Waals surface area contributed by atoms with E-state index in [0.29, 0.717) is 11.7 Å². The minimum atomic E-state index is -1.61. The number of rotatable bonds is 7. The topological polar surface area (TPSA) is 95.9 Å². The van der Waals surface area contributed by atoms with Crippen LogP contribution in [0, 0.1) is 0 Å². The first-order valence-electron chi connectivity index (χ1n) is 6.30. The smallest absolute Gasteiger partial charge is 0.334 e. The normalized spacial score (nSPS) is 12.0. The Labute approximate surface area is 117 Å². The molecule has 1 amide bonds. The molecule has 1 unspecified atom stereocenters. The van der Waals surface area contributed by atoms with Crippen LogP contribution in [0.1, 0.15) is 25.3 Å². The summed E-state index contributed by atoms with van der Waals surface area (Å²) >= 11 is 0. The summed E-state index contributed by atoms with van der Waals surface area (Å²) in [5, 5.41) is 19.7. The van der Waals surface area contributed by atoms with Crippen LogP contribution in [0.2, 0.25) is 0 Å². The highest BCUT2D eigenvalue weighted by Crippen LogP contribution is 2.18. The molecule has 0 aromatic heterocycles. The van der Waals surface area contributed by atoms with E-state index in [0.717, 1.165) is 0 Å². The largest absolute Gasteiger partial charge is 0.484 e. The van der Waals surface area contributed by atoms with E-state index >= 15 is 0 Å². The van der Waals surface area contributed by atoms with Gasteiger partial charge in [-0.05, 0) is 23.6 Å². The number of nitrogens with one attached hydrogen (secondary N) is 1. The lowest BCUT2D eigenvalue weighted by atomic mass is 10.0. The van der Waals surface area contributed by atoms with Crippen LogP contribution < -0.4 is 10.1 Å². The molecule has 0 heterocycles. The van der Waals surface area contributed by atoms with Crippen molar-refractivity contribution in [1.29, 1.82) is 0 Å². The third-order valence-electron chi connectivity index (χ3n) is 2.69. The Morgan fingerprint density at radius 1 is 1.25 bits per heavy atom. The van der Waals surface area contributed by atoms with Crippen LogP contribution in [0.5, 0.6) is 5.75 Å². The van der Waals surface area contributed by atoms with Gasteiger partial charge >= 0.3 is 5.97 Å². The van der Waals surface area contributed by atoms with E-state index in [1.807, 2.05) is 12.1 Å². The summed E-state index contributed by atoms with van der Waals surface area (Å²) in [6.45, 7) is 3.59. The fraction of sp³-hybridized carbons (Fsp3) is 0.429. The number of carbonyl (C=O) groups is 2. The highest BCUT2D eigenvalue weighted by molar-refractivity contribution is 5.79. The van der Waals surface area contributed by atoms with Gasteiger partial charge in [-0.1, -0.05) is 26.0 Å². The molecular weight excluding hydrogens is 262 g/mol. The molecule has 0 spiro atoms. The number of carboxylic acids is 1. The molecule has 0 aliphatic rings. The second-order valence-electron chi connectivity index (χ2n) is 4.67. The molecule has 0 radical (unpaired) electrons. The zero-order chi connectivity index (χ0) is 15.1. The predicted molar refractivity (Wildman–Crippen MR) is 72.7 cm³/mol. The first kappa shape index (κ1) is 16.0. The molecule has 1 aromatic carbocycles. The molecule has 0 bridgehead atoms. The van der Waals surface area contributed by atoms with Crippen LogP contribution in [-0.4, -0.2) is 41.3 Å². The lowest BCUT2D eigenvalue weighted by Gasteiger charge is -2.10. The van der Waals surface area contributed by atoms with Gasteiger partial charge in [-0.15, -0.1) is 0 Å². The molecule has 1 rings (SSSR count). The van der Waals surface area contributed by atoms with Crippen LogP contribution in [-0.2, 0) is 9.59 Å². The summed E-state index contributed by atoms with van der Waals surface area (Å²) in [7, 11) is 0. The molecule has 20 heavy (non-hydrogen) atoms. The number of amides is 1. The summed E-state index contributed by atoms with van der Waals surface area (Å²) in [6.07, 6.45) is -1.61. The molecule has 0 fully saturated rings. The Balaban J connectivity index is 2.35. The van der Waals surface area contributed by atoms with Crippen LogP contribution in [0.25, 0.3) is 0 Å². The first-order valence-corrected chi connectivity index (χ1v) is 6.30. The molecule has 0 aliphatic heterocycles. The molecular formula is C14H19NO5. The second-order valence-corrected chi connectivity index (χ2v) is 4.67. The maximum Gasteiger partial charge on any atom is 0.334 e. The van der Waals surface area contributed by atoms with E-state index in [1.54, 1.807) is 12.1 Å². The van der Waals surface area contributed by atoms with Crippen molar-refractivity contribution in [1.82, 2.24) is 5.32 Å². The van der Waals surface area contributed by atoms with E-state index in [9.17, 15) is 9.59 Å². The zero-order valence-electron chi connectivity index (χ0n) is 11.5. The van der Waals surface area contributed by atoms with Gasteiger partial charge in [0.25, 0.3) is 5.91 Å². The van der Waals surface area contributed by atoms with Crippen molar-refractivity contribution in [2.45, 2.75) is 25.9 Å². The number of benzene rings is 1. The highest BCUT2D eigenvalue weighted by atomic mass is 16.5. The van der Waals surface area contributed by atoms with Crippen LogP contribution in [0.4, 0.5) is 0 Å². The summed E-state index contributed by atoms with van der Waals surface area (Å²) in [4.78, 5) is 21.7. The summed E-state index contributed by atoms with van der Waals surface area (Å²) < 4.78 is 5.25. The maximum atomic E-state index is 11.4. The van der Waals surface area contributed by atoms with E-state index in [4.69, 9.17) is 14.9 Å². The van der Waals surface area contributed by atoms with E-state index in [-0.39, 0.29) is 13.2 Å². The second kappa shape index (κ2) is 7.49. The third kappa shape index (κ3) is 5.27. The van der Waals surface area contributed by atoms with Gasteiger partial charge in [0.05, 0.1) is 6.54 Å². The van der Waals surface area contributed by atoms with Gasteiger partial charge in [0.15, 0.2) is 12.7 Å². The van der Waals surface area contributed by atoms with E-state index in [2.05, 4.69) is 19.2 Å². The van der Waals surface area contributed by atoms with Crippen molar-refractivity contribution >= 4 is 11.9 Å². The van der Waals surface area contributed by atoms with Crippen molar-refractivity contribution in [3.05, 3.63) is 29.8 Å².